The smallest absolute Gasteiger partial charge is 0.220 e. The number of rotatable bonds is 8. The van der Waals surface area contributed by atoms with Crippen molar-refractivity contribution in [1.29, 1.82) is 0 Å². The first-order valence-corrected chi connectivity index (χ1v) is 9.06. The number of amides is 2. The molecule has 1 atom stereocenters. The second-order valence-corrected chi connectivity index (χ2v) is 6.89. The molecule has 1 saturated carbocycles. The molecule has 0 spiro atoms. The van der Waals surface area contributed by atoms with Crippen LogP contribution in [-0.4, -0.2) is 60.6 Å². The van der Waals surface area contributed by atoms with Gasteiger partial charge < -0.3 is 20.6 Å². The van der Waals surface area contributed by atoms with Gasteiger partial charge in [0.25, 0.3) is 0 Å². The van der Waals surface area contributed by atoms with Crippen LogP contribution >= 0.6 is 0 Å². The van der Waals surface area contributed by atoms with E-state index >= 15 is 0 Å². The normalized spacial score (nSPS) is 22.9. The van der Waals surface area contributed by atoms with Crippen LogP contribution in [0.2, 0.25) is 0 Å². The topological polar surface area (TPSA) is 81.7 Å². The number of aliphatic hydroxyl groups is 1. The number of hydrogen-bond donors (Lipinski definition) is 3. The molecule has 6 nitrogen and oxygen atoms in total. The number of nitrogens with zero attached hydrogens (tertiary/aromatic N) is 1. The lowest BCUT2D eigenvalue weighted by Gasteiger charge is -2.32. The largest absolute Gasteiger partial charge is 0.395 e. The average Bonchev–Trinajstić information content (AvgIpc) is 3.04. The summed E-state index contributed by atoms with van der Waals surface area (Å²) in [5, 5.41) is 15.0. The molecule has 6 heteroatoms. The van der Waals surface area contributed by atoms with Crippen LogP contribution in [-0.2, 0) is 9.59 Å². The molecule has 1 heterocycles. The van der Waals surface area contributed by atoms with E-state index in [1.54, 1.807) is 0 Å². The highest BCUT2D eigenvalue weighted by Gasteiger charge is 2.20. The van der Waals surface area contributed by atoms with Crippen molar-refractivity contribution in [2.24, 2.45) is 5.92 Å². The zero-order chi connectivity index (χ0) is 16.5. The fourth-order valence-corrected chi connectivity index (χ4v) is 3.61. The second kappa shape index (κ2) is 9.88. The zero-order valence-corrected chi connectivity index (χ0v) is 14.1. The van der Waals surface area contributed by atoms with Crippen molar-refractivity contribution in [3.63, 3.8) is 0 Å². The Morgan fingerprint density at radius 1 is 1.04 bits per heavy atom. The molecule has 2 amide bonds. The van der Waals surface area contributed by atoms with Crippen molar-refractivity contribution < 1.29 is 14.7 Å². The molecule has 1 unspecified atom stereocenters. The van der Waals surface area contributed by atoms with E-state index in [4.69, 9.17) is 5.11 Å². The second-order valence-electron chi connectivity index (χ2n) is 6.89. The Bertz CT molecular complexity index is 381. The fraction of sp³-hybridized carbons (Fsp3) is 0.882. The summed E-state index contributed by atoms with van der Waals surface area (Å²) in [6, 6.07) is 0.324. The molecular weight excluding hydrogens is 294 g/mol. The van der Waals surface area contributed by atoms with E-state index in [-0.39, 0.29) is 31.3 Å². The summed E-state index contributed by atoms with van der Waals surface area (Å²) in [4.78, 5) is 25.9. The van der Waals surface area contributed by atoms with E-state index in [2.05, 4.69) is 15.5 Å². The maximum absolute atomic E-state index is 11.9. The summed E-state index contributed by atoms with van der Waals surface area (Å²) in [5.74, 6) is 0.413. The fourth-order valence-electron chi connectivity index (χ4n) is 3.61. The molecule has 3 N–H and O–H groups in total. The van der Waals surface area contributed by atoms with Gasteiger partial charge in [0, 0.05) is 38.5 Å². The number of likely N-dealkylation sites (tertiary alicyclic amines) is 1. The van der Waals surface area contributed by atoms with Crippen LogP contribution in [0.3, 0.4) is 0 Å². The number of β-amino-alcohol motifs (C(OH)–C–C–N with tert-alkyl or cyclic N) is 1. The van der Waals surface area contributed by atoms with Gasteiger partial charge in [0.2, 0.25) is 11.8 Å². The van der Waals surface area contributed by atoms with Gasteiger partial charge in [-0.15, -0.1) is 0 Å². The molecule has 1 aliphatic carbocycles. The first-order chi connectivity index (χ1) is 11.2. The number of carbonyl (C=O) groups is 2. The van der Waals surface area contributed by atoms with E-state index in [1.807, 2.05) is 0 Å². The number of nitrogens with one attached hydrogen (secondary N) is 2. The van der Waals surface area contributed by atoms with Gasteiger partial charge in [-0.05, 0) is 38.1 Å². The van der Waals surface area contributed by atoms with Gasteiger partial charge in [-0.25, -0.2) is 0 Å². The molecule has 2 aliphatic rings. The van der Waals surface area contributed by atoms with Crippen molar-refractivity contribution >= 4 is 11.8 Å². The summed E-state index contributed by atoms with van der Waals surface area (Å²) in [7, 11) is 0. The van der Waals surface area contributed by atoms with E-state index < -0.39 is 0 Å². The monoisotopic (exact) mass is 325 g/mol. The quantitative estimate of drug-likeness (QED) is 0.612. The SMILES string of the molecule is O=C(CCC(=O)NC1CCCC1)NCC1CCCN(CCO)C1. The number of carbonyl (C=O) groups excluding carboxylic acids is 2. The predicted octanol–water partition coefficient (Wildman–Crippen LogP) is 0.646. The van der Waals surface area contributed by atoms with Crippen molar-refractivity contribution in [1.82, 2.24) is 15.5 Å². The summed E-state index contributed by atoms with van der Waals surface area (Å²) in [6.07, 6.45) is 7.32. The molecule has 132 valence electrons. The molecule has 2 fully saturated rings. The van der Waals surface area contributed by atoms with Gasteiger partial charge >= 0.3 is 0 Å². The summed E-state index contributed by atoms with van der Waals surface area (Å²) in [6.45, 7) is 3.54. The number of aliphatic hydroxyl groups excluding tert-OH is 1. The Morgan fingerprint density at radius 3 is 2.52 bits per heavy atom. The summed E-state index contributed by atoms with van der Waals surface area (Å²) < 4.78 is 0. The lowest BCUT2D eigenvalue weighted by molar-refractivity contribution is -0.126. The third kappa shape index (κ3) is 6.87. The van der Waals surface area contributed by atoms with Crippen LogP contribution in [0.4, 0.5) is 0 Å². The van der Waals surface area contributed by atoms with E-state index in [1.165, 1.54) is 12.8 Å². The van der Waals surface area contributed by atoms with Gasteiger partial charge in [-0.2, -0.15) is 0 Å². The lowest BCUT2D eigenvalue weighted by Crippen LogP contribution is -2.42. The molecule has 2 rings (SSSR count). The highest BCUT2D eigenvalue weighted by atomic mass is 16.3. The van der Waals surface area contributed by atoms with Crippen LogP contribution in [0.15, 0.2) is 0 Å². The van der Waals surface area contributed by atoms with Gasteiger partial charge in [0.15, 0.2) is 0 Å². The van der Waals surface area contributed by atoms with Crippen LogP contribution in [0.25, 0.3) is 0 Å². The molecule has 0 bridgehead atoms. The van der Waals surface area contributed by atoms with Crippen LogP contribution < -0.4 is 10.6 Å². The van der Waals surface area contributed by atoms with E-state index in [0.29, 0.717) is 25.0 Å². The molecule has 0 aromatic carbocycles. The number of piperidine rings is 1. The average molecular weight is 325 g/mol. The third-order valence-electron chi connectivity index (χ3n) is 4.91. The Kier molecular flexibility index (Phi) is 7.82. The first kappa shape index (κ1) is 18.2. The summed E-state index contributed by atoms with van der Waals surface area (Å²) >= 11 is 0. The van der Waals surface area contributed by atoms with Crippen molar-refractivity contribution in [3.8, 4) is 0 Å². The van der Waals surface area contributed by atoms with Crippen molar-refractivity contribution in [3.05, 3.63) is 0 Å². The molecular formula is C17H31N3O3. The van der Waals surface area contributed by atoms with E-state index in [0.717, 1.165) is 38.8 Å². The molecule has 0 aromatic heterocycles. The van der Waals surface area contributed by atoms with Crippen LogP contribution in [0.1, 0.15) is 51.4 Å². The van der Waals surface area contributed by atoms with Crippen LogP contribution in [0, 0.1) is 5.92 Å². The minimum Gasteiger partial charge on any atom is -0.395 e. The molecule has 0 aromatic rings. The van der Waals surface area contributed by atoms with E-state index in [9.17, 15) is 9.59 Å². The Hall–Kier alpha value is -1.14. The molecule has 0 radical (unpaired) electrons. The minimum absolute atomic E-state index is 0.00108. The van der Waals surface area contributed by atoms with Gasteiger partial charge in [0.1, 0.15) is 0 Å². The number of hydrogen-bond acceptors (Lipinski definition) is 4. The van der Waals surface area contributed by atoms with Gasteiger partial charge in [-0.1, -0.05) is 12.8 Å². The standard InChI is InChI=1S/C17H31N3O3/c21-11-10-20-9-3-4-14(13-20)12-18-16(22)7-8-17(23)19-15-5-1-2-6-15/h14-15,21H,1-13H2,(H,18,22)(H,19,23). The minimum atomic E-state index is -0.0362. The van der Waals surface area contributed by atoms with Gasteiger partial charge in [-0.3, -0.25) is 9.59 Å². The molecule has 1 saturated heterocycles. The first-order valence-electron chi connectivity index (χ1n) is 9.06. The maximum atomic E-state index is 11.9. The molecule has 1 aliphatic heterocycles. The third-order valence-corrected chi connectivity index (χ3v) is 4.91. The lowest BCUT2D eigenvalue weighted by atomic mass is 9.98. The van der Waals surface area contributed by atoms with Crippen molar-refractivity contribution in [2.75, 3.05) is 32.8 Å². The zero-order valence-electron chi connectivity index (χ0n) is 14.1. The summed E-state index contributed by atoms with van der Waals surface area (Å²) in [5.41, 5.74) is 0. The van der Waals surface area contributed by atoms with Gasteiger partial charge in [0.05, 0.1) is 6.61 Å². The molecule has 23 heavy (non-hydrogen) atoms. The Morgan fingerprint density at radius 2 is 1.78 bits per heavy atom. The Labute approximate surface area is 139 Å². The van der Waals surface area contributed by atoms with Crippen molar-refractivity contribution in [2.45, 2.75) is 57.4 Å². The highest BCUT2D eigenvalue weighted by Crippen LogP contribution is 2.18. The maximum Gasteiger partial charge on any atom is 0.220 e. The Balaban J connectivity index is 1.56. The predicted molar refractivity (Wildman–Crippen MR) is 88.9 cm³/mol. The highest BCUT2D eigenvalue weighted by molar-refractivity contribution is 5.83. The van der Waals surface area contributed by atoms with Crippen LogP contribution in [0.5, 0.6) is 0 Å².